The fourth-order valence-electron chi connectivity index (χ4n) is 6.81. The third-order valence-corrected chi connectivity index (χ3v) is 15.0. The number of fused-ring (bicyclic) bond motifs is 4. The summed E-state index contributed by atoms with van der Waals surface area (Å²) < 4.78 is 0. The molecule has 34 heavy (non-hydrogen) atoms. The Bertz CT molecular complexity index is 1040. The molecule has 0 N–H and O–H groups in total. The topological polar surface area (TPSA) is 0 Å². The molecular formula is C24H20Cl10. The second-order valence-corrected chi connectivity index (χ2v) is 15.3. The predicted molar refractivity (Wildman–Crippen MR) is 151 cm³/mol. The van der Waals surface area contributed by atoms with Crippen LogP contribution in [0.2, 0.25) is 0 Å². The molecule has 10 heteroatoms. The van der Waals surface area contributed by atoms with Crippen LogP contribution in [0.5, 0.6) is 0 Å². The van der Waals surface area contributed by atoms with E-state index in [1.165, 1.54) is 0 Å². The van der Waals surface area contributed by atoms with E-state index in [1.807, 2.05) is 12.1 Å². The molecule has 2 fully saturated rings. The van der Waals surface area contributed by atoms with E-state index in [2.05, 4.69) is 26.0 Å². The molecule has 0 aromatic heterocycles. The maximum atomic E-state index is 7.11. The highest BCUT2D eigenvalue weighted by Crippen LogP contribution is 2.71. The van der Waals surface area contributed by atoms with Gasteiger partial charge in [0.1, 0.15) is 0 Å². The monoisotopic (exact) mass is 658 g/mol. The summed E-state index contributed by atoms with van der Waals surface area (Å²) >= 11 is 67.9. The average Bonchev–Trinajstić information content (AvgIpc) is 3.29. The summed E-state index contributed by atoms with van der Waals surface area (Å²) in [5.41, 5.74) is 2.14. The second-order valence-electron chi connectivity index (χ2n) is 10.1. The Labute approximate surface area is 250 Å². The van der Waals surface area contributed by atoms with Gasteiger partial charge in [0.25, 0.3) is 0 Å². The molecule has 4 aliphatic rings. The molecule has 0 amide bonds. The Morgan fingerprint density at radius 1 is 0.618 bits per heavy atom. The molecule has 10 atom stereocenters. The van der Waals surface area contributed by atoms with Gasteiger partial charge in [-0.15, -0.1) is 69.6 Å². The predicted octanol–water partition coefficient (Wildman–Crippen LogP) is 10.5. The Morgan fingerprint density at radius 3 is 1.21 bits per heavy atom. The molecule has 0 heterocycles. The van der Waals surface area contributed by atoms with Crippen LogP contribution in [0.25, 0.3) is 0 Å². The molecule has 1 aromatic rings. The fraction of sp³-hybridized carbons (Fsp3) is 0.583. The van der Waals surface area contributed by atoms with Crippen molar-refractivity contribution >= 4 is 116 Å². The Morgan fingerprint density at radius 2 is 0.912 bits per heavy atom. The van der Waals surface area contributed by atoms with Gasteiger partial charge in [-0.3, -0.25) is 0 Å². The lowest BCUT2D eigenvalue weighted by Gasteiger charge is -2.41. The van der Waals surface area contributed by atoms with Crippen LogP contribution in [0.1, 0.15) is 49.7 Å². The lowest BCUT2D eigenvalue weighted by atomic mass is 9.72. The number of allylic oxidation sites excluding steroid dienone is 4. The van der Waals surface area contributed by atoms with Crippen molar-refractivity contribution in [3.05, 3.63) is 55.5 Å². The Hall–Kier alpha value is 1.60. The number of hydrogen-bond donors (Lipinski definition) is 0. The molecule has 0 spiro atoms. The van der Waals surface area contributed by atoms with E-state index in [0.717, 1.165) is 11.1 Å². The van der Waals surface area contributed by atoms with Crippen LogP contribution in [-0.2, 0) is 0 Å². The third-order valence-electron chi connectivity index (χ3n) is 8.49. The van der Waals surface area contributed by atoms with E-state index >= 15 is 0 Å². The maximum absolute atomic E-state index is 7.11. The van der Waals surface area contributed by atoms with E-state index in [-0.39, 0.29) is 23.7 Å². The van der Waals surface area contributed by atoms with E-state index in [4.69, 9.17) is 116 Å². The van der Waals surface area contributed by atoms with Crippen LogP contribution in [-0.4, -0.2) is 30.3 Å². The van der Waals surface area contributed by atoms with Gasteiger partial charge >= 0.3 is 0 Å². The minimum absolute atomic E-state index is 0.0870. The quantitative estimate of drug-likeness (QED) is 0.282. The van der Waals surface area contributed by atoms with E-state index < -0.39 is 30.3 Å². The zero-order valence-electron chi connectivity index (χ0n) is 18.0. The Kier molecular flexibility index (Phi) is 6.83. The van der Waals surface area contributed by atoms with Crippen LogP contribution in [0.15, 0.2) is 44.4 Å². The summed E-state index contributed by atoms with van der Waals surface area (Å²) in [6.07, 6.45) is 0.763. The molecule has 10 unspecified atom stereocenters. The van der Waals surface area contributed by atoms with Gasteiger partial charge in [-0.25, -0.2) is 0 Å². The second kappa shape index (κ2) is 8.55. The molecule has 5 rings (SSSR count). The van der Waals surface area contributed by atoms with Crippen molar-refractivity contribution in [2.75, 3.05) is 0 Å². The minimum atomic E-state index is -0.979. The van der Waals surface area contributed by atoms with Crippen LogP contribution < -0.4 is 0 Å². The zero-order valence-corrected chi connectivity index (χ0v) is 25.5. The number of hydrogen-bond acceptors (Lipinski definition) is 0. The molecule has 0 radical (unpaired) electrons. The van der Waals surface area contributed by atoms with Gasteiger partial charge in [0.2, 0.25) is 0 Å². The molecular weight excluding hydrogens is 643 g/mol. The summed E-state index contributed by atoms with van der Waals surface area (Å²) in [4.78, 5) is -3.82. The summed E-state index contributed by atoms with van der Waals surface area (Å²) in [5.74, 6) is -0.663. The summed E-state index contributed by atoms with van der Waals surface area (Å²) in [5, 5.41) is 0.467. The maximum Gasteiger partial charge on any atom is 0.0999 e. The van der Waals surface area contributed by atoms with Crippen LogP contribution >= 0.6 is 116 Å². The van der Waals surface area contributed by atoms with Crippen molar-refractivity contribution in [2.24, 2.45) is 11.8 Å². The SMILES string of the molecule is CC(c1ccccc1C(C)C1C(Cl)C2(Cl)CC1(Cl)C(Cl)=C2Cl)C1C(Cl)C2(Cl)CC1(Cl)C(Cl)=C2Cl. The highest BCUT2D eigenvalue weighted by Gasteiger charge is 2.71. The lowest BCUT2D eigenvalue weighted by Crippen LogP contribution is -2.42. The highest BCUT2D eigenvalue weighted by atomic mass is 35.5. The van der Waals surface area contributed by atoms with Gasteiger partial charge in [0.05, 0.1) is 50.4 Å². The normalized spacial score (nSPS) is 47.2. The van der Waals surface area contributed by atoms with Crippen molar-refractivity contribution in [1.82, 2.24) is 0 Å². The molecule has 0 saturated heterocycles. The molecule has 1 aromatic carbocycles. The van der Waals surface area contributed by atoms with Crippen molar-refractivity contribution in [3.8, 4) is 0 Å². The smallest absolute Gasteiger partial charge is 0.0999 e. The first-order chi connectivity index (χ1) is 15.7. The molecule has 186 valence electrons. The van der Waals surface area contributed by atoms with Gasteiger partial charge in [-0.1, -0.05) is 84.5 Å². The number of rotatable bonds is 4. The molecule has 0 aliphatic heterocycles. The van der Waals surface area contributed by atoms with E-state index in [0.29, 0.717) is 33.0 Å². The first-order valence-corrected chi connectivity index (χ1v) is 14.8. The Balaban J connectivity index is 1.55. The highest BCUT2D eigenvalue weighted by molar-refractivity contribution is 6.54. The van der Waals surface area contributed by atoms with E-state index in [9.17, 15) is 0 Å². The summed E-state index contributed by atoms with van der Waals surface area (Å²) in [6, 6.07) is 8.13. The van der Waals surface area contributed by atoms with Crippen molar-refractivity contribution < 1.29 is 0 Å². The summed E-state index contributed by atoms with van der Waals surface area (Å²) in [6.45, 7) is 4.19. The number of halogens is 10. The average molecular weight is 663 g/mol. The molecule has 4 aliphatic carbocycles. The van der Waals surface area contributed by atoms with Crippen LogP contribution in [0, 0.1) is 11.8 Å². The first kappa shape index (κ1) is 27.2. The fourth-order valence-corrected chi connectivity index (χ4v) is 12.2. The van der Waals surface area contributed by atoms with Crippen molar-refractivity contribution in [2.45, 2.75) is 68.8 Å². The van der Waals surface area contributed by atoms with Gasteiger partial charge in [0, 0.05) is 11.8 Å². The van der Waals surface area contributed by atoms with E-state index in [1.54, 1.807) is 0 Å². The lowest BCUT2D eigenvalue weighted by molar-refractivity contribution is 0.382. The van der Waals surface area contributed by atoms with Gasteiger partial charge in [0.15, 0.2) is 0 Å². The minimum Gasteiger partial charge on any atom is -0.120 e. The van der Waals surface area contributed by atoms with Gasteiger partial charge in [-0.05, 0) is 35.8 Å². The van der Waals surface area contributed by atoms with Crippen molar-refractivity contribution in [3.63, 3.8) is 0 Å². The van der Waals surface area contributed by atoms with Crippen LogP contribution in [0.4, 0.5) is 0 Å². The van der Waals surface area contributed by atoms with Gasteiger partial charge in [-0.2, -0.15) is 0 Å². The first-order valence-electron chi connectivity index (χ1n) is 10.9. The molecule has 0 nitrogen and oxygen atoms in total. The number of alkyl halides is 6. The standard InChI is InChI=1S/C24H20Cl10/c1-9(13-15(25)23(33)7-21(13,31)17(27)19(23)29)11-5-3-4-6-12(11)10(2)14-16(26)24(34)8-22(14,32)18(28)20(24)30/h3-6,9-10,13-16H,7-8H2,1-2H3. The zero-order chi connectivity index (χ0) is 25.2. The summed E-state index contributed by atoms with van der Waals surface area (Å²) in [7, 11) is 0. The van der Waals surface area contributed by atoms with Crippen LogP contribution in [0.3, 0.4) is 0 Å². The van der Waals surface area contributed by atoms with Gasteiger partial charge < -0.3 is 0 Å². The molecule has 4 bridgehead atoms. The third kappa shape index (κ3) is 3.26. The molecule has 2 saturated carbocycles. The number of benzene rings is 1. The largest absolute Gasteiger partial charge is 0.120 e. The van der Waals surface area contributed by atoms with Crippen molar-refractivity contribution in [1.29, 1.82) is 0 Å².